The molecule has 2 rings (SSSR count). The second-order valence-corrected chi connectivity index (χ2v) is 8.28. The molecule has 30 heavy (non-hydrogen) atoms. The third-order valence-electron chi connectivity index (χ3n) is 5.52. The Kier molecular flexibility index (Phi) is 8.95. The quantitative estimate of drug-likeness (QED) is 0.381. The van der Waals surface area contributed by atoms with E-state index in [0.717, 1.165) is 12.1 Å². The minimum absolute atomic E-state index is 0.0471. The average Bonchev–Trinajstić information content (AvgIpc) is 2.75. The summed E-state index contributed by atoms with van der Waals surface area (Å²) in [5.41, 5.74) is 6.79. The number of benzene rings is 1. The Morgan fingerprint density at radius 1 is 1.13 bits per heavy atom. The highest BCUT2D eigenvalue weighted by atomic mass is 16.3. The molecule has 1 fully saturated rings. The van der Waals surface area contributed by atoms with Gasteiger partial charge in [-0.3, -0.25) is 14.4 Å². The number of nitrogens with one attached hydrogen (secondary N) is 3. The maximum atomic E-state index is 12.9. The molecule has 6 N–H and O–H groups in total. The molecule has 5 atom stereocenters. The van der Waals surface area contributed by atoms with Crippen LogP contribution >= 0.6 is 0 Å². The van der Waals surface area contributed by atoms with Crippen LogP contribution in [0.4, 0.5) is 0 Å². The highest BCUT2D eigenvalue weighted by molar-refractivity contribution is 5.94. The van der Waals surface area contributed by atoms with Gasteiger partial charge in [0.2, 0.25) is 11.8 Å². The Morgan fingerprint density at radius 3 is 2.37 bits per heavy atom. The minimum Gasteiger partial charge on any atom is -0.391 e. The van der Waals surface area contributed by atoms with Crippen molar-refractivity contribution in [2.45, 2.75) is 51.3 Å². The first kappa shape index (κ1) is 24.0. The molecule has 8 heteroatoms. The lowest BCUT2D eigenvalue weighted by molar-refractivity contribution is -0.135. The van der Waals surface area contributed by atoms with Crippen molar-refractivity contribution in [2.75, 3.05) is 19.6 Å². The summed E-state index contributed by atoms with van der Waals surface area (Å²) in [5, 5.41) is 18.6. The van der Waals surface area contributed by atoms with Crippen LogP contribution in [0, 0.1) is 11.8 Å². The summed E-state index contributed by atoms with van der Waals surface area (Å²) in [6.07, 6.45) is -0.475. The Hall–Kier alpha value is -2.29. The molecule has 1 heterocycles. The molecule has 1 saturated heterocycles. The molecule has 2 unspecified atom stereocenters. The molecule has 1 aliphatic rings. The number of aliphatic hydroxyl groups excluding tert-OH is 1. The molecule has 0 saturated carbocycles. The minimum atomic E-state index is -1.16. The normalized spacial score (nSPS) is 22.1. The van der Waals surface area contributed by atoms with E-state index in [1.54, 1.807) is 13.8 Å². The number of amides is 2. The van der Waals surface area contributed by atoms with Gasteiger partial charge in [-0.15, -0.1) is 0 Å². The number of hydrogen-bond acceptors (Lipinski definition) is 6. The summed E-state index contributed by atoms with van der Waals surface area (Å²) in [5.74, 6) is -1.54. The van der Waals surface area contributed by atoms with Gasteiger partial charge in [0.25, 0.3) is 0 Å². The van der Waals surface area contributed by atoms with Crippen LogP contribution < -0.4 is 21.7 Å². The van der Waals surface area contributed by atoms with Crippen LogP contribution in [0.2, 0.25) is 0 Å². The summed E-state index contributed by atoms with van der Waals surface area (Å²) in [4.78, 5) is 37.7. The van der Waals surface area contributed by atoms with Crippen LogP contribution in [-0.4, -0.2) is 60.5 Å². The smallest absolute Gasteiger partial charge is 0.245 e. The fourth-order valence-corrected chi connectivity index (χ4v) is 3.71. The van der Waals surface area contributed by atoms with E-state index in [9.17, 15) is 19.5 Å². The van der Waals surface area contributed by atoms with E-state index < -0.39 is 24.1 Å². The molecule has 0 aromatic heterocycles. The molecule has 0 radical (unpaired) electrons. The highest BCUT2D eigenvalue weighted by Crippen LogP contribution is 2.26. The number of piperidine rings is 1. The number of ketones is 1. The molecule has 1 aromatic rings. The fraction of sp³-hybridized carbons (Fsp3) is 0.591. The van der Waals surface area contributed by atoms with Crippen LogP contribution in [0.3, 0.4) is 0 Å². The average molecular weight is 419 g/mol. The van der Waals surface area contributed by atoms with Crippen LogP contribution in [0.5, 0.6) is 0 Å². The van der Waals surface area contributed by atoms with Crippen LogP contribution in [0.1, 0.15) is 38.7 Å². The molecule has 1 aromatic carbocycles. The van der Waals surface area contributed by atoms with Gasteiger partial charge in [-0.1, -0.05) is 44.2 Å². The molecular formula is C22H34N4O4. The number of carbonyl (C=O) groups is 3. The lowest BCUT2D eigenvalue weighted by atomic mass is 9.85. The first-order chi connectivity index (χ1) is 14.2. The zero-order chi connectivity index (χ0) is 22.3. The number of nitrogens with two attached hydrogens (primary N) is 1. The Bertz CT molecular complexity index is 723. The molecule has 2 amide bonds. The van der Waals surface area contributed by atoms with E-state index in [1.165, 1.54) is 6.92 Å². The molecule has 0 bridgehead atoms. The monoisotopic (exact) mass is 418 g/mol. The van der Waals surface area contributed by atoms with E-state index in [2.05, 4.69) is 16.0 Å². The SMILES string of the molecule is CC(C)C(=O)[C@H](CN)NC(=O)[C@@H](NC(=O)C1CNCC(c2ccccc2)C1)[C@H](C)O. The summed E-state index contributed by atoms with van der Waals surface area (Å²) in [6, 6.07) is 7.96. The van der Waals surface area contributed by atoms with E-state index >= 15 is 0 Å². The van der Waals surface area contributed by atoms with Crippen molar-refractivity contribution in [3.05, 3.63) is 35.9 Å². The van der Waals surface area contributed by atoms with Crippen molar-refractivity contribution in [3.8, 4) is 0 Å². The van der Waals surface area contributed by atoms with Crippen molar-refractivity contribution in [1.29, 1.82) is 0 Å². The predicted octanol–water partition coefficient (Wildman–Crippen LogP) is -0.0861. The van der Waals surface area contributed by atoms with Crippen LogP contribution in [0.15, 0.2) is 30.3 Å². The molecule has 0 aliphatic carbocycles. The van der Waals surface area contributed by atoms with Gasteiger partial charge in [0.05, 0.1) is 18.1 Å². The lowest BCUT2D eigenvalue weighted by Crippen LogP contribution is -2.59. The molecule has 166 valence electrons. The zero-order valence-electron chi connectivity index (χ0n) is 17.9. The van der Waals surface area contributed by atoms with Gasteiger partial charge < -0.3 is 26.8 Å². The first-order valence-corrected chi connectivity index (χ1v) is 10.5. The third kappa shape index (κ3) is 6.35. The van der Waals surface area contributed by atoms with Crippen molar-refractivity contribution in [3.63, 3.8) is 0 Å². The van der Waals surface area contributed by atoms with Gasteiger partial charge in [-0.05, 0) is 24.8 Å². The summed E-state index contributed by atoms with van der Waals surface area (Å²) >= 11 is 0. The Morgan fingerprint density at radius 2 is 1.80 bits per heavy atom. The van der Waals surface area contributed by atoms with E-state index in [-0.39, 0.29) is 36.0 Å². The standard InChI is InChI=1S/C22H34N4O4/c1-13(2)20(28)18(10-23)25-22(30)19(14(3)27)26-21(29)17-9-16(11-24-12-17)15-7-5-4-6-8-15/h4-8,13-14,16-19,24,27H,9-12,23H2,1-3H3,(H,25,30)(H,26,29)/t14-,16?,17?,18-,19-/m0/s1. The van der Waals surface area contributed by atoms with Gasteiger partial charge in [0.1, 0.15) is 6.04 Å². The molecule has 0 spiro atoms. The Balaban J connectivity index is 2.02. The van der Waals surface area contributed by atoms with Crippen molar-refractivity contribution < 1.29 is 19.5 Å². The summed E-state index contributed by atoms with van der Waals surface area (Å²) in [6.45, 7) is 6.12. The van der Waals surface area contributed by atoms with E-state index in [1.807, 2.05) is 30.3 Å². The van der Waals surface area contributed by atoms with Gasteiger partial charge in [0, 0.05) is 25.6 Å². The van der Waals surface area contributed by atoms with Gasteiger partial charge in [0.15, 0.2) is 5.78 Å². The van der Waals surface area contributed by atoms with Crippen LogP contribution in [0.25, 0.3) is 0 Å². The van der Waals surface area contributed by atoms with Crippen LogP contribution in [-0.2, 0) is 14.4 Å². The van der Waals surface area contributed by atoms with Gasteiger partial charge >= 0.3 is 0 Å². The summed E-state index contributed by atoms with van der Waals surface area (Å²) < 4.78 is 0. The fourth-order valence-electron chi connectivity index (χ4n) is 3.71. The second kappa shape index (κ2) is 11.2. The van der Waals surface area contributed by atoms with E-state index in [0.29, 0.717) is 13.0 Å². The number of rotatable bonds is 9. The number of hydrogen-bond donors (Lipinski definition) is 5. The first-order valence-electron chi connectivity index (χ1n) is 10.5. The largest absolute Gasteiger partial charge is 0.391 e. The van der Waals surface area contributed by atoms with Gasteiger partial charge in [-0.2, -0.15) is 0 Å². The van der Waals surface area contributed by atoms with Crippen molar-refractivity contribution >= 4 is 17.6 Å². The van der Waals surface area contributed by atoms with Gasteiger partial charge in [-0.25, -0.2) is 0 Å². The maximum Gasteiger partial charge on any atom is 0.245 e. The predicted molar refractivity (Wildman–Crippen MR) is 115 cm³/mol. The van der Waals surface area contributed by atoms with Crippen molar-refractivity contribution in [1.82, 2.24) is 16.0 Å². The number of carbonyl (C=O) groups excluding carboxylic acids is 3. The topological polar surface area (TPSA) is 134 Å². The van der Waals surface area contributed by atoms with Crippen molar-refractivity contribution in [2.24, 2.45) is 17.6 Å². The Labute approximate surface area is 178 Å². The maximum absolute atomic E-state index is 12.9. The third-order valence-corrected chi connectivity index (χ3v) is 5.52. The summed E-state index contributed by atoms with van der Waals surface area (Å²) in [7, 11) is 0. The molecule has 1 aliphatic heterocycles. The zero-order valence-corrected chi connectivity index (χ0v) is 17.9. The molecular weight excluding hydrogens is 384 g/mol. The molecule has 8 nitrogen and oxygen atoms in total. The highest BCUT2D eigenvalue weighted by Gasteiger charge is 2.34. The number of Topliss-reactive ketones (excluding diaryl/α,β-unsaturated/α-hetero) is 1. The number of aliphatic hydroxyl groups is 1. The van der Waals surface area contributed by atoms with E-state index in [4.69, 9.17) is 5.73 Å². The second-order valence-electron chi connectivity index (χ2n) is 8.28. The lowest BCUT2D eigenvalue weighted by Gasteiger charge is -2.31.